The molecule has 0 aliphatic heterocycles. The third-order valence-electron chi connectivity index (χ3n) is 4.43. The van der Waals surface area contributed by atoms with Crippen LogP contribution >= 0.6 is 11.8 Å². The molecule has 7 heteroatoms. The Bertz CT molecular complexity index is 953. The first-order chi connectivity index (χ1) is 12.9. The highest BCUT2D eigenvalue weighted by atomic mass is 32.2. The van der Waals surface area contributed by atoms with Gasteiger partial charge in [-0.2, -0.15) is 4.68 Å². The minimum Gasteiger partial charge on any atom is -0.349 e. The predicted octanol–water partition coefficient (Wildman–Crippen LogP) is 3.56. The number of hydrogen-bond acceptors (Lipinski definition) is 5. The largest absolute Gasteiger partial charge is 0.349 e. The summed E-state index contributed by atoms with van der Waals surface area (Å²) in [6.07, 6.45) is 0. The van der Waals surface area contributed by atoms with Crippen molar-refractivity contribution in [3.63, 3.8) is 0 Å². The highest BCUT2D eigenvalue weighted by Gasteiger charge is 2.14. The van der Waals surface area contributed by atoms with Crippen LogP contribution in [0.5, 0.6) is 0 Å². The number of carbonyl (C=O) groups is 1. The summed E-state index contributed by atoms with van der Waals surface area (Å²) in [5, 5.41) is 15.4. The van der Waals surface area contributed by atoms with E-state index < -0.39 is 0 Å². The molecule has 0 saturated carbocycles. The smallest absolute Gasteiger partial charge is 0.230 e. The van der Waals surface area contributed by atoms with E-state index in [4.69, 9.17) is 0 Å². The molecular formula is C20H23N5OS. The number of nitrogens with zero attached hydrogens (tertiary/aromatic N) is 4. The number of carbonyl (C=O) groups excluding carboxylic acids is 1. The van der Waals surface area contributed by atoms with Crippen LogP contribution in [-0.2, 0) is 4.79 Å². The van der Waals surface area contributed by atoms with E-state index in [1.807, 2.05) is 38.1 Å². The van der Waals surface area contributed by atoms with Crippen molar-refractivity contribution in [2.45, 2.75) is 38.9 Å². The van der Waals surface area contributed by atoms with Crippen molar-refractivity contribution in [1.82, 2.24) is 25.5 Å². The second-order valence-electron chi connectivity index (χ2n) is 6.63. The maximum absolute atomic E-state index is 12.4. The van der Waals surface area contributed by atoms with Crippen LogP contribution in [0, 0.1) is 20.8 Å². The van der Waals surface area contributed by atoms with Crippen LogP contribution in [0.25, 0.3) is 5.69 Å². The van der Waals surface area contributed by atoms with Gasteiger partial charge in [0.25, 0.3) is 0 Å². The lowest BCUT2D eigenvalue weighted by Gasteiger charge is -2.15. The lowest BCUT2D eigenvalue weighted by atomic mass is 10.0. The third kappa shape index (κ3) is 4.74. The molecule has 0 aliphatic rings. The monoisotopic (exact) mass is 381 g/mol. The highest BCUT2D eigenvalue weighted by Crippen LogP contribution is 2.20. The molecule has 140 valence electrons. The van der Waals surface area contributed by atoms with Crippen LogP contribution in [0.1, 0.15) is 35.2 Å². The van der Waals surface area contributed by atoms with Crippen LogP contribution in [-0.4, -0.2) is 31.9 Å². The molecule has 1 aromatic heterocycles. The summed E-state index contributed by atoms with van der Waals surface area (Å²) < 4.78 is 1.65. The van der Waals surface area contributed by atoms with Crippen LogP contribution in [0.4, 0.5) is 0 Å². The molecule has 3 rings (SSSR count). The van der Waals surface area contributed by atoms with Gasteiger partial charge in [-0.15, -0.1) is 5.10 Å². The van der Waals surface area contributed by atoms with Gasteiger partial charge in [-0.1, -0.05) is 42.1 Å². The zero-order valence-electron chi connectivity index (χ0n) is 15.9. The molecule has 3 aromatic rings. The summed E-state index contributed by atoms with van der Waals surface area (Å²) in [5.74, 6) is 0.200. The van der Waals surface area contributed by atoms with E-state index >= 15 is 0 Å². The van der Waals surface area contributed by atoms with E-state index in [1.54, 1.807) is 4.68 Å². The minimum absolute atomic E-state index is 0.0508. The van der Waals surface area contributed by atoms with Crippen LogP contribution < -0.4 is 5.32 Å². The van der Waals surface area contributed by atoms with Gasteiger partial charge in [0, 0.05) is 0 Å². The standard InChI is InChI=1S/C20H23N5OS/c1-13-6-5-7-18(10-13)25-20(22-23-24-25)27-12-19(26)21-16(4)17-9-8-14(2)15(3)11-17/h5-11,16H,12H2,1-4H3,(H,21,26). The Morgan fingerprint density at radius 2 is 1.96 bits per heavy atom. The molecule has 1 atom stereocenters. The van der Waals surface area contributed by atoms with Gasteiger partial charge in [0.15, 0.2) is 0 Å². The van der Waals surface area contributed by atoms with Crippen molar-refractivity contribution in [1.29, 1.82) is 0 Å². The summed E-state index contributed by atoms with van der Waals surface area (Å²) in [7, 11) is 0. The Kier molecular flexibility index (Phi) is 5.91. The zero-order chi connectivity index (χ0) is 19.4. The molecule has 2 aromatic carbocycles. The first-order valence-electron chi connectivity index (χ1n) is 8.79. The fraction of sp³-hybridized carbons (Fsp3) is 0.300. The fourth-order valence-electron chi connectivity index (χ4n) is 2.72. The lowest BCUT2D eigenvalue weighted by Crippen LogP contribution is -2.28. The number of nitrogens with one attached hydrogen (secondary N) is 1. The summed E-state index contributed by atoms with van der Waals surface area (Å²) in [4.78, 5) is 12.4. The Balaban J connectivity index is 1.61. The number of tetrazole rings is 1. The van der Waals surface area contributed by atoms with Gasteiger partial charge >= 0.3 is 0 Å². The maximum atomic E-state index is 12.4. The van der Waals surface area contributed by atoms with E-state index in [1.165, 1.54) is 22.9 Å². The number of benzene rings is 2. The molecule has 0 bridgehead atoms. The van der Waals surface area contributed by atoms with Gasteiger partial charge < -0.3 is 5.32 Å². The molecule has 6 nitrogen and oxygen atoms in total. The quantitative estimate of drug-likeness (QED) is 0.661. The van der Waals surface area contributed by atoms with Gasteiger partial charge in [-0.25, -0.2) is 0 Å². The van der Waals surface area contributed by atoms with E-state index in [-0.39, 0.29) is 17.7 Å². The fourth-order valence-corrected chi connectivity index (χ4v) is 3.42. The van der Waals surface area contributed by atoms with Gasteiger partial charge in [0.05, 0.1) is 17.5 Å². The summed E-state index contributed by atoms with van der Waals surface area (Å²) in [5.41, 5.74) is 5.57. The van der Waals surface area contributed by atoms with E-state index in [9.17, 15) is 4.79 Å². The number of hydrogen-bond donors (Lipinski definition) is 1. The van der Waals surface area contributed by atoms with Crippen LogP contribution in [0.3, 0.4) is 0 Å². The van der Waals surface area contributed by atoms with Crippen LogP contribution in [0.2, 0.25) is 0 Å². The maximum Gasteiger partial charge on any atom is 0.230 e. The van der Waals surface area contributed by atoms with Crippen molar-refractivity contribution >= 4 is 17.7 Å². The lowest BCUT2D eigenvalue weighted by molar-refractivity contribution is -0.119. The number of aromatic nitrogens is 4. The average molecular weight is 382 g/mol. The van der Waals surface area contributed by atoms with Gasteiger partial charge in [0.2, 0.25) is 11.1 Å². The molecule has 0 radical (unpaired) electrons. The van der Waals surface area contributed by atoms with Crippen molar-refractivity contribution in [2.75, 3.05) is 5.75 Å². The first kappa shape index (κ1) is 19.1. The van der Waals surface area contributed by atoms with Crippen molar-refractivity contribution < 1.29 is 4.79 Å². The highest BCUT2D eigenvalue weighted by molar-refractivity contribution is 7.99. The zero-order valence-corrected chi connectivity index (χ0v) is 16.7. The normalized spacial score (nSPS) is 12.0. The Labute approximate surface area is 163 Å². The second-order valence-corrected chi connectivity index (χ2v) is 7.58. The Morgan fingerprint density at radius 1 is 1.15 bits per heavy atom. The number of aryl methyl sites for hydroxylation is 3. The number of amides is 1. The van der Waals surface area contributed by atoms with E-state index in [0.717, 1.165) is 16.8 Å². The molecular weight excluding hydrogens is 358 g/mol. The molecule has 0 saturated heterocycles. The molecule has 1 heterocycles. The minimum atomic E-state index is -0.0514. The molecule has 1 unspecified atom stereocenters. The van der Waals surface area contributed by atoms with E-state index in [0.29, 0.717) is 5.16 Å². The Morgan fingerprint density at radius 3 is 2.70 bits per heavy atom. The molecule has 0 aliphatic carbocycles. The molecule has 1 N–H and O–H groups in total. The second kappa shape index (κ2) is 8.35. The number of rotatable bonds is 6. The SMILES string of the molecule is Cc1cccc(-n2nnnc2SCC(=O)NC(C)c2ccc(C)c(C)c2)c1. The van der Waals surface area contributed by atoms with Crippen molar-refractivity contribution in [3.8, 4) is 5.69 Å². The van der Waals surface area contributed by atoms with Crippen LogP contribution in [0.15, 0.2) is 47.6 Å². The molecule has 0 fully saturated rings. The Hall–Kier alpha value is -2.67. The summed E-state index contributed by atoms with van der Waals surface area (Å²) in [6.45, 7) is 8.16. The summed E-state index contributed by atoms with van der Waals surface area (Å²) >= 11 is 1.32. The van der Waals surface area contributed by atoms with Crippen molar-refractivity contribution in [2.24, 2.45) is 0 Å². The third-order valence-corrected chi connectivity index (χ3v) is 5.35. The average Bonchev–Trinajstić information content (AvgIpc) is 3.11. The first-order valence-corrected chi connectivity index (χ1v) is 9.77. The van der Waals surface area contributed by atoms with Gasteiger partial charge in [-0.05, 0) is 72.5 Å². The van der Waals surface area contributed by atoms with Crippen molar-refractivity contribution in [3.05, 3.63) is 64.7 Å². The molecule has 0 spiro atoms. The summed E-state index contributed by atoms with van der Waals surface area (Å²) in [6, 6.07) is 14.1. The van der Waals surface area contributed by atoms with Gasteiger partial charge in [0.1, 0.15) is 0 Å². The topological polar surface area (TPSA) is 72.7 Å². The predicted molar refractivity (Wildman–Crippen MR) is 107 cm³/mol. The van der Waals surface area contributed by atoms with E-state index in [2.05, 4.69) is 52.9 Å². The van der Waals surface area contributed by atoms with Gasteiger partial charge in [-0.3, -0.25) is 4.79 Å². The molecule has 1 amide bonds. The number of thioether (sulfide) groups is 1. The molecule has 27 heavy (non-hydrogen) atoms.